The van der Waals surface area contributed by atoms with Gasteiger partial charge in [-0.1, -0.05) is 133 Å². The highest BCUT2D eigenvalue weighted by Crippen LogP contribution is 2.39. The van der Waals surface area contributed by atoms with Gasteiger partial charge in [-0.2, -0.15) is 0 Å². The van der Waals surface area contributed by atoms with E-state index in [4.69, 9.17) is 19.9 Å². The van der Waals surface area contributed by atoms with E-state index >= 15 is 0 Å². The zero-order chi connectivity index (χ0) is 41.0. The van der Waals surface area contributed by atoms with Crippen LogP contribution in [0.3, 0.4) is 0 Å². The number of hydrogen-bond acceptors (Lipinski definition) is 4. The van der Waals surface area contributed by atoms with Gasteiger partial charge >= 0.3 is 0 Å². The van der Waals surface area contributed by atoms with Crippen molar-refractivity contribution >= 4 is 43.9 Å². The predicted molar refractivity (Wildman–Crippen MR) is 253 cm³/mol. The Morgan fingerprint density at radius 2 is 0.661 bits per heavy atom. The van der Waals surface area contributed by atoms with Crippen LogP contribution in [-0.2, 0) is 0 Å². The number of hydrogen-bond donors (Lipinski definition) is 0. The van der Waals surface area contributed by atoms with Crippen molar-refractivity contribution in [3.63, 3.8) is 0 Å². The monoisotopic (exact) mass is 792 g/mol. The number of benzene rings is 6. The molecule has 0 aliphatic heterocycles. The van der Waals surface area contributed by atoms with E-state index in [0.717, 1.165) is 111 Å². The zero-order valence-corrected chi connectivity index (χ0v) is 33.5. The second-order valence-electron chi connectivity index (χ2n) is 15.5. The van der Waals surface area contributed by atoms with Gasteiger partial charge in [0.1, 0.15) is 11.6 Å². The van der Waals surface area contributed by atoms with Crippen molar-refractivity contribution in [1.29, 1.82) is 0 Å². The largest absolute Gasteiger partial charge is 0.292 e. The molecule has 6 aromatic heterocycles. The molecule has 0 saturated carbocycles. The van der Waals surface area contributed by atoms with Gasteiger partial charge in [-0.3, -0.25) is 19.1 Å². The van der Waals surface area contributed by atoms with Crippen LogP contribution in [0.4, 0.5) is 0 Å². The lowest BCUT2D eigenvalue weighted by Crippen LogP contribution is -2.00. The van der Waals surface area contributed by atoms with Crippen LogP contribution in [0.5, 0.6) is 0 Å². The molecule has 0 unspecified atom stereocenters. The van der Waals surface area contributed by atoms with Gasteiger partial charge in [0.25, 0.3) is 0 Å². The van der Waals surface area contributed by atoms with Gasteiger partial charge in [0.15, 0.2) is 0 Å². The van der Waals surface area contributed by atoms with Crippen LogP contribution in [0.2, 0.25) is 0 Å². The molecule has 0 N–H and O–H groups in total. The van der Waals surface area contributed by atoms with E-state index in [1.54, 1.807) is 0 Å². The van der Waals surface area contributed by atoms with Crippen molar-refractivity contribution in [2.75, 3.05) is 0 Å². The van der Waals surface area contributed by atoms with Gasteiger partial charge in [0, 0.05) is 34.3 Å². The topological polar surface area (TPSA) is 61.4 Å². The lowest BCUT2D eigenvalue weighted by molar-refractivity contribution is 1.08. The van der Waals surface area contributed by atoms with E-state index < -0.39 is 0 Å². The number of fused-ring (bicyclic) bond motifs is 6. The van der Waals surface area contributed by atoms with Crippen LogP contribution in [0.25, 0.3) is 111 Å². The summed E-state index contributed by atoms with van der Waals surface area (Å²) in [5.74, 6) is 1.68. The maximum Gasteiger partial charge on any atom is 0.138 e. The first-order valence-electron chi connectivity index (χ1n) is 20.8. The molecule has 6 aromatic carbocycles. The first kappa shape index (κ1) is 35.5. The molecular weight excluding hydrogens is 757 g/mol. The molecular formula is C56H36N6. The number of pyridine rings is 4. The fourth-order valence-corrected chi connectivity index (χ4v) is 8.89. The van der Waals surface area contributed by atoms with E-state index in [0.29, 0.717) is 0 Å². The summed E-state index contributed by atoms with van der Waals surface area (Å²) in [6.45, 7) is 0. The SMILES string of the molecule is c1ccc(-c2cc(-c3ccccc3)nc(-n3c4ccc(-c5ccc6c(c5)c5ncccc5n6-c5cc(-c6ccccc6)cc(-c6ccccc6)n5)cc4c4ncccc43)c2)cc1. The van der Waals surface area contributed by atoms with Crippen LogP contribution in [0.15, 0.2) is 219 Å². The third kappa shape index (κ3) is 6.04. The Balaban J connectivity index is 1.02. The summed E-state index contributed by atoms with van der Waals surface area (Å²) in [7, 11) is 0. The minimum Gasteiger partial charge on any atom is -0.292 e. The summed E-state index contributed by atoms with van der Waals surface area (Å²) >= 11 is 0. The van der Waals surface area contributed by atoms with Crippen molar-refractivity contribution < 1.29 is 0 Å². The first-order valence-corrected chi connectivity index (χ1v) is 20.8. The zero-order valence-electron chi connectivity index (χ0n) is 33.5. The first-order chi connectivity index (χ1) is 30.7. The van der Waals surface area contributed by atoms with Crippen LogP contribution >= 0.6 is 0 Å². The fraction of sp³-hybridized carbons (Fsp3) is 0. The van der Waals surface area contributed by atoms with E-state index in [2.05, 4.69) is 191 Å². The van der Waals surface area contributed by atoms with E-state index in [1.807, 2.05) is 36.7 Å². The van der Waals surface area contributed by atoms with Crippen molar-refractivity contribution in [1.82, 2.24) is 29.1 Å². The summed E-state index contributed by atoms with van der Waals surface area (Å²) < 4.78 is 4.50. The summed E-state index contributed by atoms with van der Waals surface area (Å²) in [4.78, 5) is 20.6. The minimum atomic E-state index is 0.839. The molecule has 0 amide bonds. The Kier molecular flexibility index (Phi) is 8.38. The maximum atomic E-state index is 5.31. The van der Waals surface area contributed by atoms with Crippen molar-refractivity contribution in [2.24, 2.45) is 0 Å². The second-order valence-corrected chi connectivity index (χ2v) is 15.5. The molecule has 6 heterocycles. The van der Waals surface area contributed by atoms with Gasteiger partial charge in [-0.25, -0.2) is 9.97 Å². The van der Waals surface area contributed by atoms with Gasteiger partial charge in [0.2, 0.25) is 0 Å². The smallest absolute Gasteiger partial charge is 0.138 e. The van der Waals surface area contributed by atoms with Crippen LogP contribution in [0, 0.1) is 0 Å². The highest BCUT2D eigenvalue weighted by atomic mass is 15.1. The molecule has 6 heteroatoms. The predicted octanol–water partition coefficient (Wildman–Crippen LogP) is 13.8. The third-order valence-corrected chi connectivity index (χ3v) is 11.8. The molecule has 62 heavy (non-hydrogen) atoms. The van der Waals surface area contributed by atoms with Crippen molar-refractivity contribution in [3.8, 4) is 67.5 Å². The molecule has 0 fully saturated rings. The Bertz CT molecular complexity index is 3260. The molecule has 0 aliphatic carbocycles. The minimum absolute atomic E-state index is 0.839. The lowest BCUT2D eigenvalue weighted by Gasteiger charge is -2.13. The third-order valence-electron chi connectivity index (χ3n) is 11.8. The summed E-state index contributed by atoms with van der Waals surface area (Å²) in [5.41, 5.74) is 16.5. The quantitative estimate of drug-likeness (QED) is 0.161. The Morgan fingerprint density at radius 1 is 0.274 bits per heavy atom. The number of nitrogens with zero attached hydrogens (tertiary/aromatic N) is 6. The van der Waals surface area contributed by atoms with Crippen molar-refractivity contribution in [2.45, 2.75) is 0 Å². The average Bonchev–Trinajstić information content (AvgIpc) is 3.87. The second kappa shape index (κ2) is 14.7. The molecule has 0 spiro atoms. The Hall–Kier alpha value is -8.48. The number of rotatable bonds is 7. The fourth-order valence-electron chi connectivity index (χ4n) is 8.89. The van der Waals surface area contributed by atoms with Crippen LogP contribution < -0.4 is 0 Å². The summed E-state index contributed by atoms with van der Waals surface area (Å²) in [6.07, 6.45) is 3.75. The van der Waals surface area contributed by atoms with E-state index in [9.17, 15) is 0 Å². The molecule has 6 nitrogen and oxygen atoms in total. The van der Waals surface area contributed by atoms with E-state index in [1.165, 1.54) is 0 Å². The average molecular weight is 793 g/mol. The standard InChI is InChI=1S/C56H36N6/c1-5-15-37(16-6-1)43-33-47(39-19-9-3-10-20-39)59-53(35-43)61-49-27-25-41(31-45(49)55-51(61)23-13-29-57-55)42-26-28-50-46(32-42)56-52(24-14-30-58-56)62(50)54-36-44(38-17-7-2-8-18-38)34-48(60-54)40-21-11-4-12-22-40/h1-36H. The van der Waals surface area contributed by atoms with Gasteiger partial charge < -0.3 is 0 Å². The van der Waals surface area contributed by atoms with Gasteiger partial charge in [-0.15, -0.1) is 0 Å². The van der Waals surface area contributed by atoms with Gasteiger partial charge in [-0.05, 0) is 106 Å². The molecule has 0 radical (unpaired) electrons. The normalized spacial score (nSPS) is 11.5. The van der Waals surface area contributed by atoms with Crippen LogP contribution in [0.1, 0.15) is 0 Å². The van der Waals surface area contributed by atoms with Crippen LogP contribution in [-0.4, -0.2) is 29.1 Å². The highest BCUT2D eigenvalue weighted by molar-refractivity contribution is 6.10. The summed E-state index contributed by atoms with van der Waals surface area (Å²) in [5, 5.41) is 2.12. The van der Waals surface area contributed by atoms with E-state index in [-0.39, 0.29) is 0 Å². The molecule has 0 atom stereocenters. The molecule has 0 aliphatic rings. The molecule has 0 saturated heterocycles. The molecule has 12 rings (SSSR count). The Labute approximate surface area is 357 Å². The lowest BCUT2D eigenvalue weighted by atomic mass is 10.0. The van der Waals surface area contributed by atoms with Crippen molar-refractivity contribution in [3.05, 3.63) is 219 Å². The molecule has 12 aromatic rings. The van der Waals surface area contributed by atoms with Gasteiger partial charge in [0.05, 0.1) is 44.5 Å². The summed E-state index contributed by atoms with van der Waals surface area (Å²) in [6, 6.07) is 72.2. The molecule has 290 valence electrons. The Morgan fingerprint density at radius 3 is 1.06 bits per heavy atom. The molecule has 0 bridgehead atoms. The highest BCUT2D eigenvalue weighted by Gasteiger charge is 2.20. The number of aromatic nitrogens is 6. The maximum absolute atomic E-state index is 5.31.